The maximum absolute atomic E-state index is 12.9. The fraction of sp³-hybridized carbons (Fsp3) is 0.111. The van der Waals surface area contributed by atoms with E-state index in [0.29, 0.717) is 28.4 Å². The van der Waals surface area contributed by atoms with E-state index in [1.165, 1.54) is 0 Å². The minimum Gasteiger partial charge on any atom is -0.454 e. The summed E-state index contributed by atoms with van der Waals surface area (Å²) >= 11 is 0. The molecule has 0 amide bonds. The fourth-order valence-corrected chi connectivity index (χ4v) is 4.21. The van der Waals surface area contributed by atoms with Crippen LogP contribution in [0, 0.1) is 0 Å². The van der Waals surface area contributed by atoms with Gasteiger partial charge in [-0.15, -0.1) is 0 Å². The van der Waals surface area contributed by atoms with Gasteiger partial charge in [0, 0.05) is 35.3 Å². The van der Waals surface area contributed by atoms with E-state index in [0.717, 1.165) is 23.0 Å². The lowest BCUT2D eigenvalue weighted by Crippen LogP contribution is -2.08. The van der Waals surface area contributed by atoms with Crippen LogP contribution >= 0.6 is 0 Å². The molecule has 168 valence electrons. The molecule has 0 N–H and O–H groups in total. The van der Waals surface area contributed by atoms with Crippen molar-refractivity contribution in [3.05, 3.63) is 89.3 Å². The predicted molar refractivity (Wildman–Crippen MR) is 125 cm³/mol. The maximum Gasteiger partial charge on any atom is 0.343 e. The highest BCUT2D eigenvalue weighted by Crippen LogP contribution is 2.37. The van der Waals surface area contributed by atoms with Gasteiger partial charge >= 0.3 is 5.97 Å². The minimum absolute atomic E-state index is 0.124. The number of ketones is 1. The molecular formula is C27H19NO6. The van der Waals surface area contributed by atoms with E-state index in [1.807, 2.05) is 30.5 Å². The molecule has 0 atom stereocenters. The number of nitrogens with zero attached hydrogens (tertiary/aromatic N) is 1. The number of fused-ring (bicyclic) bond motifs is 3. The molecule has 0 saturated heterocycles. The normalized spacial score (nSPS) is 15.0. The van der Waals surface area contributed by atoms with Crippen LogP contribution in [0.15, 0.2) is 72.6 Å². The first-order chi connectivity index (χ1) is 16.6. The van der Waals surface area contributed by atoms with Gasteiger partial charge in [-0.25, -0.2) is 4.79 Å². The van der Waals surface area contributed by atoms with Crippen LogP contribution in [0.4, 0.5) is 0 Å². The summed E-state index contributed by atoms with van der Waals surface area (Å²) in [6.45, 7) is 3.01. The number of rotatable bonds is 4. The van der Waals surface area contributed by atoms with Crippen molar-refractivity contribution in [2.45, 2.75) is 13.5 Å². The monoisotopic (exact) mass is 453 g/mol. The number of carbonyl (C=O) groups is 2. The third-order valence-corrected chi connectivity index (χ3v) is 5.91. The average molecular weight is 453 g/mol. The molecule has 0 radical (unpaired) electrons. The molecule has 1 aromatic heterocycles. The van der Waals surface area contributed by atoms with E-state index >= 15 is 0 Å². The van der Waals surface area contributed by atoms with Crippen molar-refractivity contribution in [3.63, 3.8) is 0 Å². The van der Waals surface area contributed by atoms with E-state index in [4.69, 9.17) is 18.9 Å². The van der Waals surface area contributed by atoms with Gasteiger partial charge < -0.3 is 23.5 Å². The molecule has 4 aromatic rings. The summed E-state index contributed by atoms with van der Waals surface area (Å²) in [6, 6.07) is 17.6. The number of hydrogen-bond donors (Lipinski definition) is 0. The second-order valence-electron chi connectivity index (χ2n) is 7.94. The van der Waals surface area contributed by atoms with E-state index in [-0.39, 0.29) is 24.1 Å². The van der Waals surface area contributed by atoms with E-state index < -0.39 is 5.97 Å². The Balaban J connectivity index is 1.26. The quantitative estimate of drug-likeness (QED) is 0.239. The number of hydrogen-bond acceptors (Lipinski definition) is 6. The molecule has 2 aliphatic rings. The topological polar surface area (TPSA) is 76.0 Å². The maximum atomic E-state index is 12.9. The van der Waals surface area contributed by atoms with Crippen LogP contribution in [-0.2, 0) is 6.54 Å². The molecule has 0 fully saturated rings. The van der Waals surface area contributed by atoms with Gasteiger partial charge in [-0.1, -0.05) is 18.2 Å². The number of aromatic nitrogens is 1. The number of benzene rings is 3. The van der Waals surface area contributed by atoms with Gasteiger partial charge in [-0.05, 0) is 49.4 Å². The molecule has 3 heterocycles. The van der Waals surface area contributed by atoms with Gasteiger partial charge in [0.15, 0.2) is 17.3 Å². The number of Topliss-reactive ketones (excluding diaryl/α,β-unsaturated/α-hetero) is 1. The molecule has 2 aliphatic heterocycles. The molecule has 34 heavy (non-hydrogen) atoms. The predicted octanol–water partition coefficient (Wildman–Crippen LogP) is 5.23. The van der Waals surface area contributed by atoms with Crippen molar-refractivity contribution in [3.8, 4) is 23.0 Å². The van der Waals surface area contributed by atoms with Crippen molar-refractivity contribution in [2.24, 2.45) is 0 Å². The van der Waals surface area contributed by atoms with E-state index in [2.05, 4.69) is 11.5 Å². The van der Waals surface area contributed by atoms with Crippen molar-refractivity contribution in [1.29, 1.82) is 0 Å². The number of allylic oxidation sites excluding steroid dienone is 1. The Morgan fingerprint density at radius 2 is 1.88 bits per heavy atom. The zero-order valence-electron chi connectivity index (χ0n) is 18.2. The Bertz CT molecular complexity index is 1510. The fourth-order valence-electron chi connectivity index (χ4n) is 4.21. The SMILES string of the molecule is CCn1cc(/C=C2\Oc3cc(OC(=O)c4ccc5c(c4)OCO5)ccc3C2=O)c2ccccc21. The average Bonchev–Trinajstić information content (AvgIpc) is 3.55. The Morgan fingerprint density at radius 1 is 1.03 bits per heavy atom. The lowest BCUT2D eigenvalue weighted by atomic mass is 10.1. The number of esters is 1. The van der Waals surface area contributed by atoms with E-state index in [1.54, 1.807) is 42.5 Å². The van der Waals surface area contributed by atoms with Crippen molar-refractivity contribution >= 4 is 28.7 Å². The zero-order valence-corrected chi connectivity index (χ0v) is 18.2. The summed E-state index contributed by atoms with van der Waals surface area (Å²) in [5.41, 5.74) is 2.75. The molecule has 0 aliphatic carbocycles. The summed E-state index contributed by atoms with van der Waals surface area (Å²) in [5.74, 6) is 1.18. The van der Waals surface area contributed by atoms with Gasteiger partial charge in [-0.3, -0.25) is 4.79 Å². The van der Waals surface area contributed by atoms with Gasteiger partial charge in [0.05, 0.1) is 11.1 Å². The molecule has 0 unspecified atom stereocenters. The Kier molecular flexibility index (Phi) is 4.62. The molecule has 7 nitrogen and oxygen atoms in total. The van der Waals surface area contributed by atoms with Crippen LogP contribution in [0.2, 0.25) is 0 Å². The molecule has 3 aromatic carbocycles. The van der Waals surface area contributed by atoms with Crippen molar-refractivity contribution < 1.29 is 28.5 Å². The highest BCUT2D eigenvalue weighted by atomic mass is 16.7. The standard InChI is InChI=1S/C27H19NO6/c1-2-28-14-17(19-5-3-4-6-21(19)28)12-25-26(29)20-9-8-18(13-23(20)34-25)33-27(30)16-7-10-22-24(11-16)32-15-31-22/h3-14H,2,15H2,1H3/b25-12-. The molecule has 6 rings (SSSR count). The summed E-state index contributed by atoms with van der Waals surface area (Å²) < 4.78 is 24.1. The Morgan fingerprint density at radius 3 is 2.76 bits per heavy atom. The van der Waals surface area contributed by atoms with Crippen LogP contribution in [0.25, 0.3) is 17.0 Å². The van der Waals surface area contributed by atoms with Crippen LogP contribution in [0.5, 0.6) is 23.0 Å². The lowest BCUT2D eigenvalue weighted by molar-refractivity contribution is 0.0734. The first kappa shape index (κ1) is 20.1. The molecular weight excluding hydrogens is 434 g/mol. The number of para-hydroxylation sites is 1. The zero-order chi connectivity index (χ0) is 23.2. The second-order valence-corrected chi connectivity index (χ2v) is 7.94. The van der Waals surface area contributed by atoms with Gasteiger partial charge in [-0.2, -0.15) is 0 Å². The summed E-state index contributed by atoms with van der Waals surface area (Å²) in [5, 5.41) is 1.04. The van der Waals surface area contributed by atoms with Crippen molar-refractivity contribution in [1.82, 2.24) is 4.57 Å². The minimum atomic E-state index is -0.550. The van der Waals surface area contributed by atoms with Crippen LogP contribution in [0.3, 0.4) is 0 Å². The molecule has 7 heteroatoms. The van der Waals surface area contributed by atoms with Crippen LogP contribution < -0.4 is 18.9 Å². The first-order valence-electron chi connectivity index (χ1n) is 10.9. The third kappa shape index (κ3) is 3.29. The molecule has 0 saturated carbocycles. The Labute approximate surface area is 194 Å². The van der Waals surface area contributed by atoms with Crippen LogP contribution in [0.1, 0.15) is 33.2 Å². The summed E-state index contributed by atoms with van der Waals surface area (Å²) in [7, 11) is 0. The van der Waals surface area contributed by atoms with Gasteiger partial charge in [0.1, 0.15) is 11.5 Å². The second kappa shape index (κ2) is 7.81. The number of carbonyl (C=O) groups excluding carboxylic acids is 2. The number of ether oxygens (including phenoxy) is 4. The Hall–Kier alpha value is -4.52. The summed E-state index contributed by atoms with van der Waals surface area (Å²) in [4.78, 5) is 25.5. The lowest BCUT2D eigenvalue weighted by Gasteiger charge is -2.06. The number of aryl methyl sites for hydroxylation is 1. The summed E-state index contributed by atoms with van der Waals surface area (Å²) in [6.07, 6.45) is 3.77. The van der Waals surface area contributed by atoms with Crippen molar-refractivity contribution in [2.75, 3.05) is 6.79 Å². The van der Waals surface area contributed by atoms with Gasteiger partial charge in [0.2, 0.25) is 12.6 Å². The molecule has 0 spiro atoms. The van der Waals surface area contributed by atoms with E-state index in [9.17, 15) is 9.59 Å². The highest BCUT2D eigenvalue weighted by molar-refractivity contribution is 6.15. The third-order valence-electron chi connectivity index (χ3n) is 5.91. The smallest absolute Gasteiger partial charge is 0.343 e. The first-order valence-corrected chi connectivity index (χ1v) is 10.9. The van der Waals surface area contributed by atoms with Crippen LogP contribution in [-0.4, -0.2) is 23.1 Å². The molecule has 0 bridgehead atoms. The highest BCUT2D eigenvalue weighted by Gasteiger charge is 2.28. The van der Waals surface area contributed by atoms with Gasteiger partial charge in [0.25, 0.3) is 0 Å². The largest absolute Gasteiger partial charge is 0.454 e.